The number of halogens is 1. The Hall–Kier alpha value is -3.39. The zero-order valence-electron chi connectivity index (χ0n) is 16.6. The van der Waals surface area contributed by atoms with Gasteiger partial charge in [0.15, 0.2) is 5.16 Å². The Morgan fingerprint density at radius 2 is 1.90 bits per heavy atom. The van der Waals surface area contributed by atoms with E-state index in [-0.39, 0.29) is 29.6 Å². The number of hydrogen-bond acceptors (Lipinski definition) is 5. The minimum atomic E-state index is -0.285. The van der Waals surface area contributed by atoms with Gasteiger partial charge >= 0.3 is 0 Å². The summed E-state index contributed by atoms with van der Waals surface area (Å²) in [6, 6.07) is 16.9. The van der Waals surface area contributed by atoms with Crippen molar-refractivity contribution in [2.24, 2.45) is 0 Å². The average Bonchev–Trinajstić information content (AvgIpc) is 3.29. The number of carbonyl (C=O) groups excluding carboxylic acids is 1. The van der Waals surface area contributed by atoms with E-state index in [2.05, 4.69) is 10.3 Å². The van der Waals surface area contributed by atoms with Crippen LogP contribution in [0.25, 0.3) is 10.9 Å². The van der Waals surface area contributed by atoms with Crippen LogP contribution in [0.5, 0.6) is 0 Å². The maximum Gasteiger partial charge on any atom is 0.262 e. The van der Waals surface area contributed by atoms with Crippen molar-refractivity contribution in [3.63, 3.8) is 0 Å². The Bertz CT molecular complexity index is 1240. The lowest BCUT2D eigenvalue weighted by Gasteiger charge is -2.12. The van der Waals surface area contributed by atoms with Crippen molar-refractivity contribution in [2.75, 3.05) is 12.3 Å². The van der Waals surface area contributed by atoms with Crippen molar-refractivity contribution in [3.05, 3.63) is 94.4 Å². The van der Waals surface area contributed by atoms with Gasteiger partial charge in [0.05, 0.1) is 29.5 Å². The molecule has 1 amide bonds. The van der Waals surface area contributed by atoms with E-state index in [0.717, 1.165) is 5.56 Å². The molecule has 0 aliphatic carbocycles. The molecule has 0 spiro atoms. The molecule has 2 aromatic carbocycles. The number of carbonyl (C=O) groups is 1. The fourth-order valence-corrected chi connectivity index (χ4v) is 3.96. The minimum Gasteiger partial charge on any atom is -0.467 e. The van der Waals surface area contributed by atoms with Gasteiger partial charge in [0.2, 0.25) is 5.91 Å². The highest BCUT2D eigenvalue weighted by molar-refractivity contribution is 7.99. The number of hydrogen-bond donors (Lipinski definition) is 1. The largest absolute Gasteiger partial charge is 0.467 e. The maximum absolute atomic E-state index is 13.0. The molecule has 0 aliphatic rings. The van der Waals surface area contributed by atoms with E-state index in [1.807, 2.05) is 6.07 Å². The molecular formula is C23H20FN3O3S. The van der Waals surface area contributed by atoms with Crippen LogP contribution in [0.1, 0.15) is 11.3 Å². The van der Waals surface area contributed by atoms with Gasteiger partial charge in [-0.05, 0) is 48.4 Å². The maximum atomic E-state index is 13.0. The molecule has 158 valence electrons. The molecule has 0 saturated carbocycles. The second-order valence-corrected chi connectivity index (χ2v) is 7.84. The third-order valence-electron chi connectivity index (χ3n) is 4.70. The van der Waals surface area contributed by atoms with E-state index < -0.39 is 0 Å². The van der Waals surface area contributed by atoms with Gasteiger partial charge in [-0.1, -0.05) is 36.0 Å². The second kappa shape index (κ2) is 9.61. The van der Waals surface area contributed by atoms with Gasteiger partial charge in [0.1, 0.15) is 11.6 Å². The van der Waals surface area contributed by atoms with E-state index in [1.54, 1.807) is 48.7 Å². The van der Waals surface area contributed by atoms with Gasteiger partial charge < -0.3 is 9.73 Å². The highest BCUT2D eigenvalue weighted by atomic mass is 32.2. The third kappa shape index (κ3) is 5.21. The molecule has 4 aromatic rings. The molecule has 1 N–H and O–H groups in total. The molecule has 0 bridgehead atoms. The van der Waals surface area contributed by atoms with Crippen molar-refractivity contribution in [3.8, 4) is 0 Å². The zero-order chi connectivity index (χ0) is 21.6. The SMILES string of the molecule is O=C(CSc1nc2ccccc2c(=O)n1Cc1ccco1)NCCc1ccc(F)cc1. The molecule has 31 heavy (non-hydrogen) atoms. The molecule has 4 rings (SSSR count). The molecule has 6 nitrogen and oxygen atoms in total. The Labute approximate surface area is 182 Å². The highest BCUT2D eigenvalue weighted by Gasteiger charge is 2.14. The van der Waals surface area contributed by atoms with Gasteiger partial charge in [-0.15, -0.1) is 0 Å². The zero-order valence-corrected chi connectivity index (χ0v) is 17.4. The van der Waals surface area contributed by atoms with Crippen molar-refractivity contribution in [1.29, 1.82) is 0 Å². The summed E-state index contributed by atoms with van der Waals surface area (Å²) < 4.78 is 19.9. The molecule has 8 heteroatoms. The van der Waals surface area contributed by atoms with Crippen LogP contribution in [0.15, 0.2) is 81.3 Å². The summed E-state index contributed by atoms with van der Waals surface area (Å²) in [5.74, 6) is 0.295. The van der Waals surface area contributed by atoms with Crippen molar-refractivity contribution in [2.45, 2.75) is 18.1 Å². The summed E-state index contributed by atoms with van der Waals surface area (Å²) in [7, 11) is 0. The quantitative estimate of drug-likeness (QED) is 0.337. The number of aromatic nitrogens is 2. The summed E-state index contributed by atoms with van der Waals surface area (Å²) in [4.78, 5) is 29.9. The summed E-state index contributed by atoms with van der Waals surface area (Å²) >= 11 is 1.20. The van der Waals surface area contributed by atoms with Gasteiger partial charge in [-0.25, -0.2) is 9.37 Å². The van der Waals surface area contributed by atoms with Crippen LogP contribution in [0.2, 0.25) is 0 Å². The Morgan fingerprint density at radius 3 is 2.68 bits per heavy atom. The first-order valence-electron chi connectivity index (χ1n) is 9.76. The minimum absolute atomic E-state index is 0.117. The fraction of sp³-hybridized carbons (Fsp3) is 0.174. The molecule has 2 heterocycles. The summed E-state index contributed by atoms with van der Waals surface area (Å²) in [5, 5.41) is 3.81. The van der Waals surface area contributed by atoms with E-state index in [0.29, 0.717) is 34.8 Å². The predicted molar refractivity (Wildman–Crippen MR) is 118 cm³/mol. The second-order valence-electron chi connectivity index (χ2n) is 6.90. The van der Waals surface area contributed by atoms with Crippen molar-refractivity contribution < 1.29 is 13.6 Å². The smallest absolute Gasteiger partial charge is 0.262 e. The van der Waals surface area contributed by atoms with Gasteiger partial charge in [-0.2, -0.15) is 0 Å². The monoisotopic (exact) mass is 437 g/mol. The Morgan fingerprint density at radius 1 is 1.10 bits per heavy atom. The number of rotatable bonds is 8. The first-order chi connectivity index (χ1) is 15.1. The lowest BCUT2D eigenvalue weighted by Crippen LogP contribution is -2.28. The van der Waals surface area contributed by atoms with E-state index >= 15 is 0 Å². The molecule has 0 aliphatic heterocycles. The number of nitrogens with zero attached hydrogens (tertiary/aromatic N) is 2. The number of thioether (sulfide) groups is 1. The van der Waals surface area contributed by atoms with Crippen molar-refractivity contribution >= 4 is 28.6 Å². The third-order valence-corrected chi connectivity index (χ3v) is 5.68. The van der Waals surface area contributed by atoms with Crippen molar-refractivity contribution in [1.82, 2.24) is 14.9 Å². The van der Waals surface area contributed by atoms with E-state index in [1.165, 1.54) is 28.5 Å². The molecule has 0 radical (unpaired) electrons. The molecule has 0 saturated heterocycles. The number of nitrogens with one attached hydrogen (secondary N) is 1. The summed E-state index contributed by atoms with van der Waals surface area (Å²) in [5.41, 5.74) is 1.35. The number of fused-ring (bicyclic) bond motifs is 1. The lowest BCUT2D eigenvalue weighted by molar-refractivity contribution is -0.118. The topological polar surface area (TPSA) is 77.1 Å². The van der Waals surface area contributed by atoms with Gasteiger partial charge in [0, 0.05) is 6.54 Å². The first kappa shape index (κ1) is 20.9. The van der Waals surface area contributed by atoms with Crippen LogP contribution in [0, 0.1) is 5.82 Å². The Kier molecular flexibility index (Phi) is 6.47. The van der Waals surface area contributed by atoms with Crippen LogP contribution in [-0.2, 0) is 17.8 Å². The lowest BCUT2D eigenvalue weighted by atomic mass is 10.1. The molecular weight excluding hydrogens is 417 g/mol. The first-order valence-corrected chi connectivity index (χ1v) is 10.7. The number of para-hydroxylation sites is 1. The van der Waals surface area contributed by atoms with Gasteiger partial charge in [-0.3, -0.25) is 14.2 Å². The molecule has 0 fully saturated rings. The number of furan rings is 1. The summed E-state index contributed by atoms with van der Waals surface area (Å²) in [6.07, 6.45) is 2.16. The van der Waals surface area contributed by atoms with E-state index in [4.69, 9.17) is 4.42 Å². The van der Waals surface area contributed by atoms with Gasteiger partial charge in [0.25, 0.3) is 5.56 Å². The average molecular weight is 437 g/mol. The van der Waals surface area contributed by atoms with Crippen LogP contribution in [-0.4, -0.2) is 27.8 Å². The summed E-state index contributed by atoms with van der Waals surface area (Å²) in [6.45, 7) is 0.674. The molecule has 0 atom stereocenters. The fourth-order valence-electron chi connectivity index (χ4n) is 3.13. The predicted octanol–water partition coefficient (Wildman–Crippen LogP) is 3.63. The van der Waals surface area contributed by atoms with Crippen LogP contribution >= 0.6 is 11.8 Å². The Balaban J connectivity index is 1.44. The van der Waals surface area contributed by atoms with E-state index in [9.17, 15) is 14.0 Å². The molecule has 2 aromatic heterocycles. The van der Waals surface area contributed by atoms with Crippen LogP contribution < -0.4 is 10.9 Å². The highest BCUT2D eigenvalue weighted by Crippen LogP contribution is 2.19. The van der Waals surface area contributed by atoms with Crippen LogP contribution in [0.4, 0.5) is 4.39 Å². The number of amides is 1. The molecule has 0 unspecified atom stereocenters. The van der Waals surface area contributed by atoms with Crippen LogP contribution in [0.3, 0.4) is 0 Å². The normalized spacial score (nSPS) is 11.0. The standard InChI is InChI=1S/C23H20FN3O3S/c24-17-9-7-16(8-10-17)11-12-25-21(28)15-31-23-26-20-6-2-1-5-19(20)22(29)27(23)14-18-4-3-13-30-18/h1-10,13H,11-12,14-15H2,(H,25,28). The number of benzene rings is 2.